The molecular weight excluding hydrogens is 241 g/mol. The minimum atomic E-state index is -0.463. The molecule has 0 aliphatic heterocycles. The van der Waals surface area contributed by atoms with Gasteiger partial charge >= 0.3 is 0 Å². The van der Waals surface area contributed by atoms with Crippen LogP contribution in [0.5, 0.6) is 0 Å². The van der Waals surface area contributed by atoms with Crippen LogP contribution in [0, 0.1) is 5.82 Å². The predicted molar refractivity (Wildman–Crippen MR) is 68.0 cm³/mol. The highest BCUT2D eigenvalue weighted by atomic mass is 35.5. The first kappa shape index (κ1) is 14.1. The third-order valence-electron chi connectivity index (χ3n) is 2.56. The Hall–Kier alpha value is -0.930. The predicted octanol–water partition coefficient (Wildman–Crippen LogP) is 3.15. The van der Waals surface area contributed by atoms with Gasteiger partial charge in [0.05, 0.1) is 5.92 Å². The van der Waals surface area contributed by atoms with Gasteiger partial charge in [0.15, 0.2) is 0 Å². The van der Waals surface area contributed by atoms with E-state index in [1.807, 2.05) is 13.8 Å². The van der Waals surface area contributed by atoms with E-state index in [-0.39, 0.29) is 11.8 Å². The quantitative estimate of drug-likeness (QED) is 0.878. The summed E-state index contributed by atoms with van der Waals surface area (Å²) in [5.41, 5.74) is 0.398. The molecule has 0 bridgehead atoms. The van der Waals surface area contributed by atoms with Gasteiger partial charge in [-0.05, 0) is 24.6 Å². The first-order chi connectivity index (χ1) is 7.91. The highest BCUT2D eigenvalue weighted by molar-refractivity contribution is 6.30. The highest BCUT2D eigenvalue weighted by Crippen LogP contribution is 2.23. The fourth-order valence-electron chi connectivity index (χ4n) is 1.61. The summed E-state index contributed by atoms with van der Waals surface area (Å²) >= 11 is 5.69. The summed E-state index contributed by atoms with van der Waals surface area (Å²) in [6.45, 7) is 5.87. The average Bonchev–Trinajstić information content (AvgIpc) is 2.20. The van der Waals surface area contributed by atoms with E-state index in [2.05, 4.69) is 5.32 Å². The molecule has 0 spiro atoms. The molecule has 0 aliphatic rings. The Morgan fingerprint density at radius 1 is 1.47 bits per heavy atom. The lowest BCUT2D eigenvalue weighted by Gasteiger charge is -2.17. The van der Waals surface area contributed by atoms with E-state index in [4.69, 9.17) is 11.6 Å². The molecule has 0 aliphatic carbocycles. The monoisotopic (exact) mass is 257 g/mol. The molecule has 1 aromatic rings. The molecule has 0 radical (unpaired) electrons. The van der Waals surface area contributed by atoms with Crippen molar-refractivity contribution in [3.8, 4) is 0 Å². The lowest BCUT2D eigenvalue weighted by molar-refractivity contribution is -0.118. The number of carbonyl (C=O) groups excluding carboxylic acids is 1. The van der Waals surface area contributed by atoms with E-state index < -0.39 is 11.7 Å². The van der Waals surface area contributed by atoms with Crippen LogP contribution in [-0.2, 0) is 4.79 Å². The zero-order valence-electron chi connectivity index (χ0n) is 10.3. The molecule has 4 heteroatoms. The van der Waals surface area contributed by atoms with Crippen LogP contribution in [0.25, 0.3) is 0 Å². The minimum absolute atomic E-state index is 0.0561. The van der Waals surface area contributed by atoms with Crippen molar-refractivity contribution in [2.45, 2.75) is 32.7 Å². The van der Waals surface area contributed by atoms with Crippen LogP contribution in [0.2, 0.25) is 5.02 Å². The van der Waals surface area contributed by atoms with Gasteiger partial charge in [0, 0.05) is 17.6 Å². The van der Waals surface area contributed by atoms with Gasteiger partial charge in [0.1, 0.15) is 11.6 Å². The molecule has 0 heterocycles. The second-order valence-electron chi connectivity index (χ2n) is 4.39. The van der Waals surface area contributed by atoms with E-state index in [0.717, 1.165) is 0 Å². The number of Topliss-reactive ketones (excluding diaryl/α,β-unsaturated/α-hetero) is 1. The second kappa shape index (κ2) is 6.12. The first-order valence-electron chi connectivity index (χ1n) is 5.60. The van der Waals surface area contributed by atoms with Crippen molar-refractivity contribution in [1.82, 2.24) is 5.32 Å². The van der Waals surface area contributed by atoms with E-state index in [1.165, 1.54) is 13.0 Å². The molecule has 1 aromatic carbocycles. The molecule has 1 N–H and O–H groups in total. The standard InChI is InChI=1S/C13H17ClFNO/c1-8(2)16-7-12(9(3)17)11-5-4-10(14)6-13(11)15/h4-6,8,12,16H,7H2,1-3H3/t12-/m1/s1. The van der Waals surface area contributed by atoms with Crippen molar-refractivity contribution >= 4 is 17.4 Å². The number of halogens is 2. The van der Waals surface area contributed by atoms with E-state index in [9.17, 15) is 9.18 Å². The molecule has 94 valence electrons. The van der Waals surface area contributed by atoms with Gasteiger partial charge in [-0.1, -0.05) is 31.5 Å². The van der Waals surface area contributed by atoms with Crippen LogP contribution in [0.3, 0.4) is 0 Å². The number of rotatable bonds is 5. The molecule has 0 fully saturated rings. The highest BCUT2D eigenvalue weighted by Gasteiger charge is 2.20. The van der Waals surface area contributed by atoms with Crippen molar-refractivity contribution in [2.75, 3.05) is 6.54 Å². The van der Waals surface area contributed by atoms with Crippen LogP contribution >= 0.6 is 11.6 Å². The van der Waals surface area contributed by atoms with Crippen molar-refractivity contribution in [3.63, 3.8) is 0 Å². The van der Waals surface area contributed by atoms with Crippen LogP contribution in [-0.4, -0.2) is 18.4 Å². The molecule has 0 unspecified atom stereocenters. The minimum Gasteiger partial charge on any atom is -0.313 e. The van der Waals surface area contributed by atoms with Crippen LogP contribution < -0.4 is 5.32 Å². The summed E-state index contributed by atoms with van der Waals surface area (Å²) in [6.07, 6.45) is 0. The lowest BCUT2D eigenvalue weighted by atomic mass is 9.94. The third kappa shape index (κ3) is 4.10. The normalized spacial score (nSPS) is 12.8. The maximum atomic E-state index is 13.7. The Morgan fingerprint density at radius 3 is 2.59 bits per heavy atom. The summed E-state index contributed by atoms with van der Waals surface area (Å²) in [5.74, 6) is -0.947. The molecule has 2 nitrogen and oxygen atoms in total. The molecule has 0 aromatic heterocycles. The Morgan fingerprint density at radius 2 is 2.12 bits per heavy atom. The van der Waals surface area contributed by atoms with Gasteiger partial charge in [-0.15, -0.1) is 0 Å². The van der Waals surface area contributed by atoms with Crippen molar-refractivity contribution in [1.29, 1.82) is 0 Å². The SMILES string of the molecule is CC(=O)[C@@H](CNC(C)C)c1ccc(Cl)cc1F. The topological polar surface area (TPSA) is 29.1 Å². The van der Waals surface area contributed by atoms with E-state index in [0.29, 0.717) is 17.1 Å². The second-order valence-corrected chi connectivity index (χ2v) is 4.83. The number of benzene rings is 1. The number of nitrogens with one attached hydrogen (secondary N) is 1. The van der Waals surface area contributed by atoms with E-state index in [1.54, 1.807) is 12.1 Å². The lowest BCUT2D eigenvalue weighted by Crippen LogP contribution is -2.31. The van der Waals surface area contributed by atoms with Gasteiger partial charge in [0.25, 0.3) is 0 Å². The average molecular weight is 258 g/mol. The summed E-state index contributed by atoms with van der Waals surface area (Å²) in [7, 11) is 0. The van der Waals surface area contributed by atoms with Crippen molar-refractivity contribution in [3.05, 3.63) is 34.6 Å². The molecule has 0 saturated heterocycles. The zero-order valence-corrected chi connectivity index (χ0v) is 11.0. The Kier molecular flexibility index (Phi) is 5.09. The summed E-state index contributed by atoms with van der Waals surface area (Å²) in [4.78, 5) is 11.6. The molecular formula is C13H17ClFNO. The molecule has 1 atom stereocenters. The number of hydrogen-bond acceptors (Lipinski definition) is 2. The summed E-state index contributed by atoms with van der Waals surface area (Å²) in [5, 5.41) is 3.49. The van der Waals surface area contributed by atoms with Crippen LogP contribution in [0.15, 0.2) is 18.2 Å². The zero-order chi connectivity index (χ0) is 13.0. The van der Waals surface area contributed by atoms with Gasteiger partial charge in [-0.25, -0.2) is 4.39 Å². The van der Waals surface area contributed by atoms with Gasteiger partial charge < -0.3 is 5.32 Å². The Bertz CT molecular complexity index is 406. The van der Waals surface area contributed by atoms with Crippen molar-refractivity contribution in [2.24, 2.45) is 0 Å². The smallest absolute Gasteiger partial charge is 0.138 e. The Balaban J connectivity index is 2.93. The molecule has 0 amide bonds. The third-order valence-corrected chi connectivity index (χ3v) is 2.79. The largest absolute Gasteiger partial charge is 0.313 e. The van der Waals surface area contributed by atoms with Crippen molar-refractivity contribution < 1.29 is 9.18 Å². The fourth-order valence-corrected chi connectivity index (χ4v) is 1.77. The number of carbonyl (C=O) groups is 1. The molecule has 1 rings (SSSR count). The summed E-state index contributed by atoms with van der Waals surface area (Å²) < 4.78 is 13.7. The van der Waals surface area contributed by atoms with Gasteiger partial charge in [-0.3, -0.25) is 4.79 Å². The maximum Gasteiger partial charge on any atom is 0.138 e. The Labute approximate surface area is 106 Å². The summed E-state index contributed by atoms with van der Waals surface area (Å²) in [6, 6.07) is 4.67. The number of ketones is 1. The molecule has 0 saturated carbocycles. The van der Waals surface area contributed by atoms with Gasteiger partial charge in [0.2, 0.25) is 0 Å². The first-order valence-corrected chi connectivity index (χ1v) is 5.98. The maximum absolute atomic E-state index is 13.7. The fraction of sp³-hybridized carbons (Fsp3) is 0.462. The van der Waals surface area contributed by atoms with Gasteiger partial charge in [-0.2, -0.15) is 0 Å². The number of hydrogen-bond donors (Lipinski definition) is 1. The molecule has 17 heavy (non-hydrogen) atoms. The van der Waals surface area contributed by atoms with E-state index >= 15 is 0 Å². The van der Waals surface area contributed by atoms with Crippen LogP contribution in [0.1, 0.15) is 32.3 Å². The van der Waals surface area contributed by atoms with Crippen LogP contribution in [0.4, 0.5) is 4.39 Å².